The number of rotatable bonds is 15. The molecule has 17 heteroatoms. The van der Waals surface area contributed by atoms with Gasteiger partial charge in [-0.2, -0.15) is 0 Å². The summed E-state index contributed by atoms with van der Waals surface area (Å²) in [6, 6.07) is 12.5. The van der Waals surface area contributed by atoms with Crippen LogP contribution in [0.25, 0.3) is 44.2 Å². The van der Waals surface area contributed by atoms with Crippen LogP contribution < -0.4 is 15.4 Å². The van der Waals surface area contributed by atoms with Crippen LogP contribution in [0.5, 0.6) is 5.75 Å². The minimum absolute atomic E-state index is 0.101. The van der Waals surface area contributed by atoms with E-state index >= 15 is 0 Å². The molecule has 64 heavy (non-hydrogen) atoms. The average Bonchev–Trinajstić information content (AvgIpc) is 4.13. The minimum Gasteiger partial charge on any atom is -0.488 e. The number of aromatic amines is 2. The van der Waals surface area contributed by atoms with E-state index in [0.29, 0.717) is 83.1 Å². The lowest BCUT2D eigenvalue weighted by molar-refractivity contribution is -0.135. The van der Waals surface area contributed by atoms with Gasteiger partial charge in [0.25, 0.3) is 0 Å². The van der Waals surface area contributed by atoms with Gasteiger partial charge in [-0.3, -0.25) is 9.59 Å². The molecule has 3 aromatic carbocycles. The standard InChI is InChI=1S/C47H58N8O9/c1-7-9-35(51-46(58)62-5)44(56)54-21-26(23-60-3)15-38(54)42-48-20-37(50-42)29-11-13-31-30(17-29)25-64-40-19-32-28(18-33(31)40)12-14-34-41(32)53-43(49-34)39-16-27(24-61-4)22-55(39)45(57)36(10-8-2)52-47(59)63-6/h11-14,17-20,26-27,35-36,38-39H,7-10,15-16,21-25H2,1-6H3,(H,48,50)(H,49,53)(H,51,58)(H,52,59). The zero-order valence-corrected chi connectivity index (χ0v) is 37.3. The van der Waals surface area contributed by atoms with Crippen molar-refractivity contribution < 1.29 is 42.9 Å². The highest BCUT2D eigenvalue weighted by Gasteiger charge is 2.42. The molecule has 0 spiro atoms. The molecule has 4 amide bonds. The first-order chi connectivity index (χ1) is 31.1. The summed E-state index contributed by atoms with van der Waals surface area (Å²) in [6.07, 6.45) is 4.24. The van der Waals surface area contributed by atoms with Gasteiger partial charge in [0.05, 0.1) is 62.4 Å². The number of hydrogen-bond donors (Lipinski definition) is 4. The second kappa shape index (κ2) is 19.3. The van der Waals surface area contributed by atoms with E-state index in [2.05, 4.69) is 57.0 Å². The fraction of sp³-hybridized carbons (Fsp3) is 0.489. The van der Waals surface area contributed by atoms with Crippen LogP contribution in [0.4, 0.5) is 9.59 Å². The number of H-pyrrole nitrogens is 2. The molecule has 0 aliphatic carbocycles. The van der Waals surface area contributed by atoms with Gasteiger partial charge in [0.1, 0.15) is 36.1 Å². The van der Waals surface area contributed by atoms with E-state index in [9.17, 15) is 19.2 Å². The number of ether oxygens (including phenoxy) is 5. The molecule has 17 nitrogen and oxygen atoms in total. The molecule has 5 heterocycles. The lowest BCUT2D eigenvalue weighted by Gasteiger charge is -2.28. The molecule has 8 rings (SSSR count). The van der Waals surface area contributed by atoms with Crippen molar-refractivity contribution in [3.63, 3.8) is 0 Å². The van der Waals surface area contributed by atoms with Crippen molar-refractivity contribution in [1.82, 2.24) is 40.4 Å². The summed E-state index contributed by atoms with van der Waals surface area (Å²) in [5, 5.41) is 7.38. The Balaban J connectivity index is 1.05. The lowest BCUT2D eigenvalue weighted by atomic mass is 9.92. The first-order valence-electron chi connectivity index (χ1n) is 22.1. The van der Waals surface area contributed by atoms with Gasteiger partial charge in [-0.15, -0.1) is 0 Å². The van der Waals surface area contributed by atoms with E-state index in [4.69, 9.17) is 33.7 Å². The Bertz CT molecular complexity index is 2520. The third-order valence-electron chi connectivity index (χ3n) is 12.8. The predicted molar refractivity (Wildman–Crippen MR) is 238 cm³/mol. The Labute approximate surface area is 371 Å². The highest BCUT2D eigenvalue weighted by atomic mass is 16.5. The van der Waals surface area contributed by atoms with Crippen molar-refractivity contribution in [1.29, 1.82) is 0 Å². The number of benzene rings is 3. The first-order valence-corrected chi connectivity index (χ1v) is 22.1. The molecule has 2 saturated heterocycles. The molecule has 6 unspecified atom stereocenters. The molecule has 5 aromatic rings. The van der Waals surface area contributed by atoms with Crippen molar-refractivity contribution in [3.8, 4) is 28.1 Å². The summed E-state index contributed by atoms with van der Waals surface area (Å²) in [5.41, 5.74) is 6.45. The summed E-state index contributed by atoms with van der Waals surface area (Å²) in [5.74, 6) is 1.97. The van der Waals surface area contributed by atoms with Crippen molar-refractivity contribution in [2.75, 3.05) is 54.7 Å². The largest absolute Gasteiger partial charge is 0.488 e. The van der Waals surface area contributed by atoms with Crippen molar-refractivity contribution in [2.45, 2.75) is 83.1 Å². The van der Waals surface area contributed by atoms with Crippen LogP contribution in [-0.2, 0) is 35.1 Å². The Morgan fingerprint density at radius 3 is 2.00 bits per heavy atom. The fourth-order valence-corrected chi connectivity index (χ4v) is 9.74. The molecule has 2 aromatic heterocycles. The lowest BCUT2D eigenvalue weighted by Crippen LogP contribution is -2.48. The van der Waals surface area contributed by atoms with Crippen LogP contribution in [-0.4, -0.2) is 121 Å². The van der Waals surface area contributed by atoms with Gasteiger partial charge < -0.3 is 54.1 Å². The molecule has 6 atom stereocenters. The van der Waals surface area contributed by atoms with E-state index in [1.165, 1.54) is 14.2 Å². The molecule has 3 aliphatic rings. The molecule has 0 saturated carbocycles. The van der Waals surface area contributed by atoms with Gasteiger partial charge in [0.15, 0.2) is 0 Å². The zero-order valence-electron chi connectivity index (χ0n) is 37.3. The molecule has 0 bridgehead atoms. The van der Waals surface area contributed by atoms with Crippen molar-refractivity contribution >= 4 is 45.8 Å². The Morgan fingerprint density at radius 2 is 1.41 bits per heavy atom. The summed E-state index contributed by atoms with van der Waals surface area (Å²) in [6.45, 7) is 6.27. The summed E-state index contributed by atoms with van der Waals surface area (Å²) in [4.78, 5) is 72.9. The van der Waals surface area contributed by atoms with Crippen LogP contribution >= 0.6 is 0 Å². The maximum atomic E-state index is 14.0. The number of carbonyl (C=O) groups is 4. The fourth-order valence-electron chi connectivity index (χ4n) is 9.74. The van der Waals surface area contributed by atoms with Gasteiger partial charge in [-0.25, -0.2) is 19.6 Å². The number of fused-ring (bicyclic) bond motifs is 6. The Kier molecular flexibility index (Phi) is 13.4. The SMILES string of the molecule is CCCC(NC(=O)OC)C(=O)N1CC(COC)CC1c1ncc(-c2ccc3c(c2)COc2cc4c(ccc5[nH]c(C6CC(COC)CN6C(=O)C(CCC)NC(=O)OC)nc54)cc2-3)[nH]1. The number of likely N-dealkylation sites (tertiary alicyclic amines) is 2. The Hall–Kier alpha value is -6.20. The second-order valence-electron chi connectivity index (χ2n) is 17.1. The monoisotopic (exact) mass is 878 g/mol. The van der Waals surface area contributed by atoms with Crippen LogP contribution in [0.15, 0.2) is 48.7 Å². The van der Waals surface area contributed by atoms with Gasteiger partial charge in [0, 0.05) is 50.1 Å². The highest BCUT2D eigenvalue weighted by Crippen LogP contribution is 2.44. The number of aromatic nitrogens is 4. The number of imidazole rings is 2. The predicted octanol–water partition coefficient (Wildman–Crippen LogP) is 6.79. The third kappa shape index (κ3) is 8.82. The quantitative estimate of drug-likeness (QED) is 0.0863. The first kappa shape index (κ1) is 44.4. The van der Waals surface area contributed by atoms with Crippen LogP contribution in [0.2, 0.25) is 0 Å². The number of amides is 4. The highest BCUT2D eigenvalue weighted by molar-refractivity contribution is 6.07. The van der Waals surface area contributed by atoms with Crippen molar-refractivity contribution in [2.24, 2.45) is 11.8 Å². The molecule has 0 radical (unpaired) electrons. The zero-order chi connectivity index (χ0) is 45.1. The topological polar surface area (TPSA) is 202 Å². The van der Waals surface area contributed by atoms with Gasteiger partial charge in [0.2, 0.25) is 11.8 Å². The van der Waals surface area contributed by atoms with E-state index < -0.39 is 24.3 Å². The Morgan fingerprint density at radius 1 is 0.781 bits per heavy atom. The summed E-state index contributed by atoms with van der Waals surface area (Å²) in [7, 11) is 5.90. The van der Waals surface area contributed by atoms with Gasteiger partial charge in [-0.05, 0) is 72.0 Å². The number of methoxy groups -OCH3 is 4. The van der Waals surface area contributed by atoms with E-state index in [1.807, 2.05) is 24.8 Å². The molecular formula is C47H58N8O9. The molecule has 340 valence electrons. The van der Waals surface area contributed by atoms with E-state index in [0.717, 1.165) is 55.5 Å². The number of hydrogen-bond acceptors (Lipinski definition) is 11. The normalized spacial score (nSPS) is 20.1. The molecule has 3 aliphatic heterocycles. The smallest absolute Gasteiger partial charge is 0.407 e. The summed E-state index contributed by atoms with van der Waals surface area (Å²) < 4.78 is 27.1. The minimum atomic E-state index is -0.719. The third-order valence-corrected chi connectivity index (χ3v) is 12.8. The molecule has 4 N–H and O–H groups in total. The number of nitrogens with one attached hydrogen (secondary N) is 4. The maximum absolute atomic E-state index is 14.0. The second-order valence-corrected chi connectivity index (χ2v) is 17.1. The van der Waals surface area contributed by atoms with E-state index in [-0.39, 0.29) is 35.7 Å². The number of alkyl carbamates (subject to hydrolysis) is 2. The molecule has 2 fully saturated rings. The van der Waals surface area contributed by atoms with Gasteiger partial charge in [-0.1, -0.05) is 44.9 Å². The number of nitrogens with zero attached hydrogens (tertiary/aromatic N) is 4. The van der Waals surface area contributed by atoms with Crippen LogP contribution in [0.3, 0.4) is 0 Å². The van der Waals surface area contributed by atoms with Crippen LogP contribution in [0.1, 0.15) is 81.7 Å². The average molecular weight is 879 g/mol. The van der Waals surface area contributed by atoms with Crippen molar-refractivity contribution in [3.05, 3.63) is 65.9 Å². The maximum Gasteiger partial charge on any atom is 0.407 e. The number of carbonyl (C=O) groups excluding carboxylic acids is 4. The summed E-state index contributed by atoms with van der Waals surface area (Å²) >= 11 is 0. The van der Waals surface area contributed by atoms with Gasteiger partial charge >= 0.3 is 12.2 Å². The van der Waals surface area contributed by atoms with E-state index in [1.54, 1.807) is 25.3 Å². The molecular weight excluding hydrogens is 821 g/mol. The van der Waals surface area contributed by atoms with Crippen LogP contribution in [0, 0.1) is 11.8 Å².